The first kappa shape index (κ1) is 15.3. The van der Waals surface area contributed by atoms with Crippen molar-refractivity contribution in [3.05, 3.63) is 54.1 Å². The van der Waals surface area contributed by atoms with E-state index in [1.165, 1.54) is 7.11 Å². The minimum atomic E-state index is -0.760. The van der Waals surface area contributed by atoms with Gasteiger partial charge in [0, 0.05) is 12.5 Å². The standard InChI is InChI=1S/C18H19NO4/c1-22-13-9-7-12(8-10-13)11-19-15-6-4-3-5-14(15)16(17(19)20)18(21)23-2/h3-10,14-16H,11H2,1-2H3/t14-,15+,16+/m0/s1. The fraction of sp³-hybridized carbons (Fsp3) is 0.333. The summed E-state index contributed by atoms with van der Waals surface area (Å²) in [5.41, 5.74) is 0.992. The molecule has 3 atom stereocenters. The Kier molecular flexibility index (Phi) is 4.19. The summed E-state index contributed by atoms with van der Waals surface area (Å²) in [5.74, 6) is -0.809. The Hall–Kier alpha value is -2.56. The Balaban J connectivity index is 1.85. The molecule has 1 fully saturated rings. The number of carbonyl (C=O) groups is 2. The van der Waals surface area contributed by atoms with E-state index in [9.17, 15) is 9.59 Å². The molecule has 1 saturated heterocycles. The van der Waals surface area contributed by atoms with E-state index in [4.69, 9.17) is 9.47 Å². The smallest absolute Gasteiger partial charge is 0.318 e. The van der Waals surface area contributed by atoms with Gasteiger partial charge in [-0.3, -0.25) is 9.59 Å². The zero-order chi connectivity index (χ0) is 16.4. The molecule has 0 bridgehead atoms. The normalized spacial score (nSPS) is 25.4. The molecule has 3 rings (SSSR count). The Bertz CT molecular complexity index is 662. The third-order valence-electron chi connectivity index (χ3n) is 4.41. The summed E-state index contributed by atoms with van der Waals surface area (Å²) in [6, 6.07) is 7.46. The predicted molar refractivity (Wildman–Crippen MR) is 84.6 cm³/mol. The van der Waals surface area contributed by atoms with Gasteiger partial charge in [-0.25, -0.2) is 0 Å². The van der Waals surface area contributed by atoms with Crippen LogP contribution in [-0.2, 0) is 20.9 Å². The molecule has 1 amide bonds. The molecule has 1 aliphatic carbocycles. The summed E-state index contributed by atoms with van der Waals surface area (Å²) in [6.07, 6.45) is 7.67. The first-order valence-electron chi connectivity index (χ1n) is 7.52. The Morgan fingerprint density at radius 3 is 2.48 bits per heavy atom. The van der Waals surface area contributed by atoms with Crippen molar-refractivity contribution in [3.63, 3.8) is 0 Å². The lowest BCUT2D eigenvalue weighted by Crippen LogP contribution is -2.34. The van der Waals surface area contributed by atoms with Gasteiger partial charge in [0.15, 0.2) is 0 Å². The monoisotopic (exact) mass is 313 g/mol. The van der Waals surface area contributed by atoms with Crippen LogP contribution < -0.4 is 4.74 Å². The number of carbonyl (C=O) groups excluding carboxylic acids is 2. The molecule has 0 N–H and O–H groups in total. The second kappa shape index (κ2) is 6.28. The van der Waals surface area contributed by atoms with Crippen LogP contribution in [0, 0.1) is 11.8 Å². The molecule has 1 aromatic rings. The molecule has 0 saturated carbocycles. The van der Waals surface area contributed by atoms with Crippen molar-refractivity contribution in [2.24, 2.45) is 11.8 Å². The number of esters is 1. The van der Waals surface area contributed by atoms with Gasteiger partial charge in [0.25, 0.3) is 0 Å². The maximum Gasteiger partial charge on any atom is 0.318 e. The summed E-state index contributed by atoms with van der Waals surface area (Å²) >= 11 is 0. The SMILES string of the molecule is COC(=O)[C@H]1C(=O)N(Cc2ccc(OC)cc2)[C@@H]2C=CC=C[C@H]12. The number of ether oxygens (including phenoxy) is 2. The number of hydrogen-bond donors (Lipinski definition) is 0. The van der Waals surface area contributed by atoms with Crippen LogP contribution in [0.15, 0.2) is 48.6 Å². The van der Waals surface area contributed by atoms with E-state index in [0.717, 1.165) is 11.3 Å². The van der Waals surface area contributed by atoms with Crippen LogP contribution in [0.2, 0.25) is 0 Å². The molecule has 0 unspecified atom stereocenters. The van der Waals surface area contributed by atoms with Crippen LogP contribution in [0.4, 0.5) is 0 Å². The molecule has 23 heavy (non-hydrogen) atoms. The summed E-state index contributed by atoms with van der Waals surface area (Å²) in [4.78, 5) is 26.5. The van der Waals surface area contributed by atoms with Gasteiger partial charge in [-0.1, -0.05) is 36.4 Å². The molecule has 0 aromatic heterocycles. The van der Waals surface area contributed by atoms with Crippen LogP contribution in [0.3, 0.4) is 0 Å². The highest BCUT2D eigenvalue weighted by molar-refractivity contribution is 6.00. The largest absolute Gasteiger partial charge is 0.497 e. The number of likely N-dealkylation sites (tertiary alicyclic amines) is 1. The van der Waals surface area contributed by atoms with E-state index in [-0.39, 0.29) is 17.9 Å². The van der Waals surface area contributed by atoms with Crippen molar-refractivity contribution in [1.82, 2.24) is 4.90 Å². The number of amides is 1. The lowest BCUT2D eigenvalue weighted by atomic mass is 9.87. The van der Waals surface area contributed by atoms with E-state index in [2.05, 4.69) is 0 Å². The first-order chi connectivity index (χ1) is 11.2. The maximum atomic E-state index is 12.7. The zero-order valence-electron chi connectivity index (χ0n) is 13.1. The molecule has 120 valence electrons. The van der Waals surface area contributed by atoms with Crippen LogP contribution in [-0.4, -0.2) is 37.0 Å². The van der Waals surface area contributed by atoms with Gasteiger partial charge in [-0.05, 0) is 17.7 Å². The second-order valence-corrected chi connectivity index (χ2v) is 5.65. The average Bonchev–Trinajstić information content (AvgIpc) is 2.87. The van der Waals surface area contributed by atoms with Gasteiger partial charge in [0.1, 0.15) is 11.7 Å². The van der Waals surface area contributed by atoms with Crippen molar-refractivity contribution in [2.45, 2.75) is 12.6 Å². The number of allylic oxidation sites excluding steroid dienone is 2. The summed E-state index contributed by atoms with van der Waals surface area (Å²) in [7, 11) is 2.93. The number of hydrogen-bond acceptors (Lipinski definition) is 4. The molecule has 1 aromatic carbocycles. The summed E-state index contributed by atoms with van der Waals surface area (Å²) in [6.45, 7) is 0.454. The predicted octanol–water partition coefficient (Wildman–Crippen LogP) is 1.94. The second-order valence-electron chi connectivity index (χ2n) is 5.65. The van der Waals surface area contributed by atoms with Crippen LogP contribution in [0.25, 0.3) is 0 Å². The van der Waals surface area contributed by atoms with Crippen molar-refractivity contribution in [1.29, 1.82) is 0 Å². The first-order valence-corrected chi connectivity index (χ1v) is 7.52. The van der Waals surface area contributed by atoms with E-state index < -0.39 is 11.9 Å². The molecule has 5 nitrogen and oxygen atoms in total. The fourth-order valence-electron chi connectivity index (χ4n) is 3.22. The van der Waals surface area contributed by atoms with Crippen LogP contribution >= 0.6 is 0 Å². The third-order valence-corrected chi connectivity index (χ3v) is 4.41. The lowest BCUT2D eigenvalue weighted by Gasteiger charge is -2.25. The number of methoxy groups -OCH3 is 2. The van der Waals surface area contributed by atoms with E-state index in [0.29, 0.717) is 6.54 Å². The van der Waals surface area contributed by atoms with Gasteiger partial charge >= 0.3 is 5.97 Å². The van der Waals surface area contributed by atoms with Gasteiger partial charge in [0.2, 0.25) is 5.91 Å². The Morgan fingerprint density at radius 2 is 1.83 bits per heavy atom. The van der Waals surface area contributed by atoms with Gasteiger partial charge in [-0.15, -0.1) is 0 Å². The molecule has 0 radical (unpaired) electrons. The quantitative estimate of drug-likeness (QED) is 0.630. The highest BCUT2D eigenvalue weighted by Crippen LogP contribution is 2.36. The van der Waals surface area contributed by atoms with Crippen molar-refractivity contribution in [2.75, 3.05) is 14.2 Å². The molecular weight excluding hydrogens is 294 g/mol. The summed E-state index contributed by atoms with van der Waals surface area (Å²) < 4.78 is 9.97. The van der Waals surface area contributed by atoms with Crippen molar-refractivity contribution in [3.8, 4) is 5.75 Å². The van der Waals surface area contributed by atoms with Crippen molar-refractivity contribution < 1.29 is 19.1 Å². The van der Waals surface area contributed by atoms with Crippen LogP contribution in [0.5, 0.6) is 5.75 Å². The molecule has 1 aliphatic heterocycles. The lowest BCUT2D eigenvalue weighted by molar-refractivity contribution is -0.151. The number of fused-ring (bicyclic) bond motifs is 1. The van der Waals surface area contributed by atoms with Crippen molar-refractivity contribution >= 4 is 11.9 Å². The molecule has 0 spiro atoms. The molecule has 5 heteroatoms. The van der Waals surface area contributed by atoms with Gasteiger partial charge in [0.05, 0.1) is 20.3 Å². The number of benzene rings is 1. The number of rotatable bonds is 4. The summed E-state index contributed by atoms with van der Waals surface area (Å²) in [5, 5.41) is 0. The maximum absolute atomic E-state index is 12.7. The van der Waals surface area contributed by atoms with Gasteiger partial charge < -0.3 is 14.4 Å². The highest BCUT2D eigenvalue weighted by Gasteiger charge is 2.50. The minimum absolute atomic E-state index is 0.112. The Morgan fingerprint density at radius 1 is 1.13 bits per heavy atom. The van der Waals surface area contributed by atoms with Crippen LogP contribution in [0.1, 0.15) is 5.56 Å². The average molecular weight is 313 g/mol. The minimum Gasteiger partial charge on any atom is -0.497 e. The van der Waals surface area contributed by atoms with E-state index in [1.807, 2.05) is 48.6 Å². The molecule has 1 heterocycles. The zero-order valence-corrected chi connectivity index (χ0v) is 13.1. The third kappa shape index (κ3) is 2.74. The molecular formula is C18H19NO4. The number of nitrogens with zero attached hydrogens (tertiary/aromatic N) is 1. The van der Waals surface area contributed by atoms with Gasteiger partial charge in [-0.2, -0.15) is 0 Å². The Labute approximate surface area is 135 Å². The molecule has 2 aliphatic rings. The topological polar surface area (TPSA) is 55.8 Å². The highest BCUT2D eigenvalue weighted by atomic mass is 16.5. The van der Waals surface area contributed by atoms with E-state index in [1.54, 1.807) is 12.0 Å². The fourth-order valence-corrected chi connectivity index (χ4v) is 3.22. The van der Waals surface area contributed by atoms with E-state index >= 15 is 0 Å².